The van der Waals surface area contributed by atoms with E-state index in [4.69, 9.17) is 0 Å². The molecular formula is C18H21N3O5. The van der Waals surface area contributed by atoms with E-state index in [0.29, 0.717) is 23.8 Å². The SMILES string of the molecule is CC(=O)NC12CC3CC(C1)CC(c1ccc([N+](=O)[O-])cc1[N+](=O)[O-])(C3)C2. The first-order chi connectivity index (χ1) is 12.2. The molecular weight excluding hydrogens is 338 g/mol. The van der Waals surface area contributed by atoms with Gasteiger partial charge in [-0.25, -0.2) is 0 Å². The molecule has 4 aliphatic rings. The van der Waals surface area contributed by atoms with E-state index < -0.39 is 9.85 Å². The Balaban J connectivity index is 1.81. The molecule has 4 aliphatic carbocycles. The average Bonchev–Trinajstić information content (AvgIpc) is 2.51. The number of nitrogens with one attached hydrogen (secondary N) is 1. The molecule has 0 spiro atoms. The molecule has 0 aromatic heterocycles. The molecule has 2 unspecified atom stereocenters. The minimum Gasteiger partial charge on any atom is -0.351 e. The fourth-order valence-corrected chi connectivity index (χ4v) is 6.33. The molecule has 1 aromatic carbocycles. The summed E-state index contributed by atoms with van der Waals surface area (Å²) in [5.74, 6) is 0.788. The third kappa shape index (κ3) is 2.55. The van der Waals surface area contributed by atoms with Crippen LogP contribution in [0.3, 0.4) is 0 Å². The monoisotopic (exact) mass is 359 g/mol. The Hall–Kier alpha value is -2.51. The Bertz CT molecular complexity index is 807. The van der Waals surface area contributed by atoms with Crippen LogP contribution >= 0.6 is 0 Å². The smallest absolute Gasteiger partial charge is 0.280 e. The van der Waals surface area contributed by atoms with Crippen molar-refractivity contribution in [2.24, 2.45) is 11.8 Å². The summed E-state index contributed by atoms with van der Waals surface area (Å²) < 4.78 is 0. The quantitative estimate of drug-likeness (QED) is 0.654. The van der Waals surface area contributed by atoms with Gasteiger partial charge in [-0.05, 0) is 56.4 Å². The first-order valence-electron chi connectivity index (χ1n) is 8.94. The first-order valence-corrected chi connectivity index (χ1v) is 8.94. The Kier molecular flexibility index (Phi) is 3.58. The van der Waals surface area contributed by atoms with Crippen molar-refractivity contribution in [3.8, 4) is 0 Å². The number of hydrogen-bond donors (Lipinski definition) is 1. The van der Waals surface area contributed by atoms with E-state index >= 15 is 0 Å². The maximum atomic E-state index is 11.8. The lowest BCUT2D eigenvalue weighted by atomic mass is 9.45. The van der Waals surface area contributed by atoms with Gasteiger partial charge in [0.2, 0.25) is 5.91 Å². The van der Waals surface area contributed by atoms with E-state index in [-0.39, 0.29) is 28.2 Å². The number of nitro benzene ring substituents is 2. The zero-order valence-corrected chi connectivity index (χ0v) is 14.6. The number of nitro groups is 2. The number of amides is 1. The van der Waals surface area contributed by atoms with Crippen LogP contribution in [-0.4, -0.2) is 21.3 Å². The van der Waals surface area contributed by atoms with Crippen molar-refractivity contribution in [1.29, 1.82) is 0 Å². The minimum atomic E-state index is -0.602. The van der Waals surface area contributed by atoms with Gasteiger partial charge in [-0.2, -0.15) is 0 Å². The summed E-state index contributed by atoms with van der Waals surface area (Å²) in [6.45, 7) is 1.51. The summed E-state index contributed by atoms with van der Waals surface area (Å²) in [4.78, 5) is 33.4. The van der Waals surface area contributed by atoms with Crippen molar-refractivity contribution in [2.75, 3.05) is 0 Å². The van der Waals surface area contributed by atoms with Crippen LogP contribution in [0.1, 0.15) is 51.0 Å². The van der Waals surface area contributed by atoms with Gasteiger partial charge >= 0.3 is 0 Å². The van der Waals surface area contributed by atoms with Gasteiger partial charge in [0.25, 0.3) is 11.4 Å². The van der Waals surface area contributed by atoms with E-state index in [1.165, 1.54) is 13.0 Å². The Morgan fingerprint density at radius 3 is 2.31 bits per heavy atom. The molecule has 4 fully saturated rings. The summed E-state index contributed by atoms with van der Waals surface area (Å²) in [5, 5.41) is 25.8. The standard InChI is InChI=1S/C18H21N3O5/c1-11(22)19-18-8-12-4-13(9-18)7-17(6-12,10-18)15-3-2-14(20(23)24)5-16(15)21(25)26/h2-3,5,12-13H,4,6-10H2,1H3,(H,19,22). The molecule has 1 aromatic rings. The molecule has 4 bridgehead atoms. The van der Waals surface area contributed by atoms with E-state index in [0.717, 1.165) is 38.2 Å². The third-order valence-corrected chi connectivity index (χ3v) is 6.46. The molecule has 26 heavy (non-hydrogen) atoms. The lowest BCUT2D eigenvalue weighted by Gasteiger charge is -2.62. The van der Waals surface area contributed by atoms with Crippen LogP contribution in [0, 0.1) is 32.1 Å². The second-order valence-electron chi connectivity index (χ2n) is 8.42. The zero-order chi connectivity index (χ0) is 18.7. The molecule has 1 N–H and O–H groups in total. The van der Waals surface area contributed by atoms with Gasteiger partial charge in [0.15, 0.2) is 0 Å². The van der Waals surface area contributed by atoms with Gasteiger partial charge in [-0.15, -0.1) is 0 Å². The van der Waals surface area contributed by atoms with Gasteiger partial charge in [0, 0.05) is 29.5 Å². The summed E-state index contributed by atoms with van der Waals surface area (Å²) in [5.41, 5.74) is -0.520. The van der Waals surface area contributed by atoms with E-state index in [1.807, 2.05) is 0 Å². The summed E-state index contributed by atoms with van der Waals surface area (Å²) in [6.07, 6.45) is 5.32. The lowest BCUT2D eigenvalue weighted by Crippen LogP contribution is -2.64. The van der Waals surface area contributed by atoms with Crippen LogP contribution in [0.5, 0.6) is 0 Å². The van der Waals surface area contributed by atoms with Gasteiger partial charge in [-0.1, -0.05) is 0 Å². The van der Waals surface area contributed by atoms with Crippen LogP contribution in [0.2, 0.25) is 0 Å². The van der Waals surface area contributed by atoms with Crippen LogP contribution in [0.25, 0.3) is 0 Å². The van der Waals surface area contributed by atoms with E-state index in [2.05, 4.69) is 5.32 Å². The third-order valence-electron chi connectivity index (χ3n) is 6.46. The Morgan fingerprint density at radius 1 is 1.12 bits per heavy atom. The lowest BCUT2D eigenvalue weighted by molar-refractivity contribution is -0.395. The van der Waals surface area contributed by atoms with Gasteiger partial charge in [-0.3, -0.25) is 25.0 Å². The molecule has 0 radical (unpaired) electrons. The predicted molar refractivity (Wildman–Crippen MR) is 92.7 cm³/mol. The topological polar surface area (TPSA) is 115 Å². The van der Waals surface area contributed by atoms with Crippen LogP contribution in [-0.2, 0) is 10.2 Å². The van der Waals surface area contributed by atoms with Crippen LogP contribution < -0.4 is 5.32 Å². The number of carbonyl (C=O) groups is 1. The highest BCUT2D eigenvalue weighted by molar-refractivity contribution is 5.74. The number of nitrogens with zero attached hydrogens (tertiary/aromatic N) is 2. The van der Waals surface area contributed by atoms with Crippen molar-refractivity contribution in [1.82, 2.24) is 5.32 Å². The molecule has 0 heterocycles. The van der Waals surface area contributed by atoms with Gasteiger partial charge in [0.05, 0.1) is 15.9 Å². The van der Waals surface area contributed by atoms with Crippen molar-refractivity contribution < 1.29 is 14.6 Å². The molecule has 8 heteroatoms. The van der Waals surface area contributed by atoms with Crippen molar-refractivity contribution in [3.05, 3.63) is 44.0 Å². The minimum absolute atomic E-state index is 0.0692. The normalized spacial score (nSPS) is 34.5. The first kappa shape index (κ1) is 16.9. The molecule has 0 saturated heterocycles. The second kappa shape index (κ2) is 5.49. The van der Waals surface area contributed by atoms with Crippen molar-refractivity contribution in [3.63, 3.8) is 0 Å². The fourth-order valence-electron chi connectivity index (χ4n) is 6.33. The largest absolute Gasteiger partial charge is 0.351 e. The number of carbonyl (C=O) groups excluding carboxylic acids is 1. The second-order valence-corrected chi connectivity index (χ2v) is 8.42. The van der Waals surface area contributed by atoms with Crippen molar-refractivity contribution in [2.45, 2.75) is 56.4 Å². The fraction of sp³-hybridized carbons (Fsp3) is 0.611. The maximum absolute atomic E-state index is 11.8. The summed E-state index contributed by atoms with van der Waals surface area (Å²) in [7, 11) is 0. The van der Waals surface area contributed by atoms with Gasteiger partial charge in [0.1, 0.15) is 0 Å². The van der Waals surface area contributed by atoms with Gasteiger partial charge < -0.3 is 5.32 Å². The summed E-state index contributed by atoms with van der Waals surface area (Å²) in [6, 6.07) is 4.02. The number of benzene rings is 1. The van der Waals surface area contributed by atoms with Crippen molar-refractivity contribution >= 4 is 17.3 Å². The molecule has 138 valence electrons. The molecule has 2 atom stereocenters. The molecule has 5 rings (SSSR count). The van der Waals surface area contributed by atoms with E-state index in [1.54, 1.807) is 6.07 Å². The highest BCUT2D eigenvalue weighted by Crippen LogP contribution is 2.63. The van der Waals surface area contributed by atoms with Crippen LogP contribution in [0.4, 0.5) is 11.4 Å². The molecule has 8 nitrogen and oxygen atoms in total. The predicted octanol–water partition coefficient (Wildman–Crippen LogP) is 3.23. The Labute approximate surface area is 150 Å². The molecule has 4 saturated carbocycles. The Morgan fingerprint density at radius 2 is 1.77 bits per heavy atom. The van der Waals surface area contributed by atoms with Crippen LogP contribution in [0.15, 0.2) is 18.2 Å². The number of non-ortho nitro benzene ring substituents is 1. The highest BCUT2D eigenvalue weighted by Gasteiger charge is 2.59. The van der Waals surface area contributed by atoms with E-state index in [9.17, 15) is 25.0 Å². The zero-order valence-electron chi connectivity index (χ0n) is 14.6. The average molecular weight is 359 g/mol. The molecule has 1 amide bonds. The number of hydrogen-bond acceptors (Lipinski definition) is 5. The number of rotatable bonds is 4. The summed E-state index contributed by atoms with van der Waals surface area (Å²) >= 11 is 0. The molecule has 0 aliphatic heterocycles. The maximum Gasteiger partial charge on any atom is 0.280 e. The highest BCUT2D eigenvalue weighted by atomic mass is 16.6.